The highest BCUT2D eigenvalue weighted by molar-refractivity contribution is 5.45. The molecule has 0 heterocycles. The van der Waals surface area contributed by atoms with Gasteiger partial charge in [0.15, 0.2) is 0 Å². The molecule has 0 aliphatic heterocycles. The molecule has 1 aliphatic rings. The molecule has 0 atom stereocenters. The SMILES string of the molecule is NCCCN(CCC1CC1)c1ccccc1. The van der Waals surface area contributed by atoms with Crippen molar-refractivity contribution in [2.45, 2.75) is 25.7 Å². The molecule has 1 aromatic rings. The molecule has 0 bridgehead atoms. The van der Waals surface area contributed by atoms with Gasteiger partial charge in [-0.05, 0) is 37.4 Å². The van der Waals surface area contributed by atoms with Crippen LogP contribution in [0.4, 0.5) is 5.69 Å². The minimum atomic E-state index is 0.784. The summed E-state index contributed by atoms with van der Waals surface area (Å²) in [7, 11) is 0. The summed E-state index contributed by atoms with van der Waals surface area (Å²) in [6, 6.07) is 10.7. The van der Waals surface area contributed by atoms with Gasteiger partial charge in [0.25, 0.3) is 0 Å². The number of nitrogens with two attached hydrogens (primary N) is 1. The van der Waals surface area contributed by atoms with Crippen LogP contribution in [0.2, 0.25) is 0 Å². The smallest absolute Gasteiger partial charge is 0.0366 e. The summed E-state index contributed by atoms with van der Waals surface area (Å²) in [6.45, 7) is 3.06. The minimum Gasteiger partial charge on any atom is -0.371 e. The van der Waals surface area contributed by atoms with Gasteiger partial charge in [-0.25, -0.2) is 0 Å². The summed E-state index contributed by atoms with van der Waals surface area (Å²) < 4.78 is 0. The minimum absolute atomic E-state index is 0.784. The van der Waals surface area contributed by atoms with Gasteiger partial charge in [0.2, 0.25) is 0 Å². The van der Waals surface area contributed by atoms with Crippen molar-refractivity contribution in [3.63, 3.8) is 0 Å². The first-order valence-electron chi connectivity index (χ1n) is 6.40. The molecule has 2 nitrogen and oxygen atoms in total. The van der Waals surface area contributed by atoms with E-state index in [1.165, 1.54) is 31.5 Å². The Morgan fingerprint density at radius 3 is 2.50 bits per heavy atom. The average Bonchev–Trinajstić information content (AvgIpc) is 3.14. The van der Waals surface area contributed by atoms with Crippen molar-refractivity contribution in [1.29, 1.82) is 0 Å². The third kappa shape index (κ3) is 3.53. The Balaban J connectivity index is 1.89. The number of nitrogens with zero attached hydrogens (tertiary/aromatic N) is 1. The zero-order chi connectivity index (χ0) is 11.2. The van der Waals surface area contributed by atoms with Crippen LogP contribution in [0.25, 0.3) is 0 Å². The molecule has 0 aromatic heterocycles. The highest BCUT2D eigenvalue weighted by atomic mass is 15.1. The molecule has 1 saturated carbocycles. The number of hydrogen-bond donors (Lipinski definition) is 1. The molecule has 1 fully saturated rings. The van der Waals surface area contributed by atoms with E-state index in [1.54, 1.807) is 0 Å². The van der Waals surface area contributed by atoms with Gasteiger partial charge in [-0.3, -0.25) is 0 Å². The Hall–Kier alpha value is -1.02. The van der Waals surface area contributed by atoms with Crippen molar-refractivity contribution >= 4 is 5.69 Å². The number of anilines is 1. The molecule has 1 aromatic carbocycles. The highest BCUT2D eigenvalue weighted by Gasteiger charge is 2.21. The first kappa shape index (κ1) is 11.5. The molecule has 0 spiro atoms. The topological polar surface area (TPSA) is 29.3 Å². The van der Waals surface area contributed by atoms with E-state index in [4.69, 9.17) is 5.73 Å². The third-order valence-electron chi connectivity index (χ3n) is 3.26. The molecule has 0 amide bonds. The zero-order valence-corrected chi connectivity index (χ0v) is 9.94. The van der Waals surface area contributed by atoms with Crippen LogP contribution in [0.3, 0.4) is 0 Å². The molecule has 1 aliphatic carbocycles. The van der Waals surface area contributed by atoms with E-state index >= 15 is 0 Å². The van der Waals surface area contributed by atoms with Crippen LogP contribution in [0, 0.1) is 5.92 Å². The lowest BCUT2D eigenvalue weighted by molar-refractivity contribution is 0.659. The number of benzene rings is 1. The lowest BCUT2D eigenvalue weighted by atomic mass is 10.2. The molecule has 88 valence electrons. The maximum Gasteiger partial charge on any atom is 0.0366 e. The highest BCUT2D eigenvalue weighted by Crippen LogP contribution is 2.32. The summed E-state index contributed by atoms with van der Waals surface area (Å²) in [5.41, 5.74) is 6.94. The van der Waals surface area contributed by atoms with Gasteiger partial charge in [0.05, 0.1) is 0 Å². The van der Waals surface area contributed by atoms with Crippen LogP contribution in [0.5, 0.6) is 0 Å². The normalized spacial score (nSPS) is 15.1. The van der Waals surface area contributed by atoms with E-state index in [1.807, 2.05) is 0 Å². The van der Waals surface area contributed by atoms with E-state index in [9.17, 15) is 0 Å². The van der Waals surface area contributed by atoms with Crippen molar-refractivity contribution in [1.82, 2.24) is 0 Å². The molecular formula is C14H22N2. The summed E-state index contributed by atoms with van der Waals surface area (Å²) in [5, 5.41) is 0. The molecule has 0 unspecified atom stereocenters. The summed E-state index contributed by atoms with van der Waals surface area (Å²) in [5.74, 6) is 1.00. The Bertz CT molecular complexity index is 293. The van der Waals surface area contributed by atoms with Gasteiger partial charge >= 0.3 is 0 Å². The quantitative estimate of drug-likeness (QED) is 0.762. The Kier molecular flexibility index (Phi) is 4.23. The number of hydrogen-bond acceptors (Lipinski definition) is 2. The fourth-order valence-corrected chi connectivity index (χ4v) is 2.04. The molecule has 2 rings (SSSR count). The Morgan fingerprint density at radius 1 is 1.12 bits per heavy atom. The van der Waals surface area contributed by atoms with Crippen molar-refractivity contribution in [3.8, 4) is 0 Å². The van der Waals surface area contributed by atoms with Crippen LogP contribution in [-0.4, -0.2) is 19.6 Å². The Morgan fingerprint density at radius 2 is 1.88 bits per heavy atom. The first-order valence-corrected chi connectivity index (χ1v) is 6.40. The fourth-order valence-electron chi connectivity index (χ4n) is 2.04. The third-order valence-corrected chi connectivity index (χ3v) is 3.26. The van der Waals surface area contributed by atoms with Crippen molar-refractivity contribution in [2.75, 3.05) is 24.5 Å². The maximum atomic E-state index is 5.60. The van der Waals surface area contributed by atoms with Gasteiger partial charge in [-0.2, -0.15) is 0 Å². The fraction of sp³-hybridized carbons (Fsp3) is 0.571. The van der Waals surface area contributed by atoms with E-state index < -0.39 is 0 Å². The summed E-state index contributed by atoms with van der Waals surface area (Å²) >= 11 is 0. The van der Waals surface area contributed by atoms with E-state index in [0.29, 0.717) is 0 Å². The van der Waals surface area contributed by atoms with Crippen LogP contribution in [-0.2, 0) is 0 Å². The average molecular weight is 218 g/mol. The second kappa shape index (κ2) is 5.90. The van der Waals surface area contributed by atoms with Crippen LogP contribution in [0.15, 0.2) is 30.3 Å². The van der Waals surface area contributed by atoms with Crippen molar-refractivity contribution in [3.05, 3.63) is 30.3 Å². The molecule has 2 N–H and O–H groups in total. The van der Waals surface area contributed by atoms with E-state index in [2.05, 4.69) is 35.2 Å². The van der Waals surface area contributed by atoms with Gasteiger partial charge < -0.3 is 10.6 Å². The number of para-hydroxylation sites is 1. The molecular weight excluding hydrogens is 196 g/mol. The van der Waals surface area contributed by atoms with Crippen molar-refractivity contribution < 1.29 is 0 Å². The largest absolute Gasteiger partial charge is 0.371 e. The lowest BCUT2D eigenvalue weighted by Crippen LogP contribution is -2.27. The monoisotopic (exact) mass is 218 g/mol. The standard InChI is InChI=1S/C14H22N2/c15-10-4-11-16(12-9-13-7-8-13)14-5-2-1-3-6-14/h1-3,5-6,13H,4,7-12,15H2. The van der Waals surface area contributed by atoms with E-state index in [0.717, 1.165) is 25.4 Å². The summed E-state index contributed by atoms with van der Waals surface area (Å²) in [4.78, 5) is 2.48. The lowest BCUT2D eigenvalue weighted by Gasteiger charge is -2.24. The van der Waals surface area contributed by atoms with Gasteiger partial charge in [0, 0.05) is 18.8 Å². The second-order valence-electron chi connectivity index (χ2n) is 4.70. The van der Waals surface area contributed by atoms with Crippen molar-refractivity contribution in [2.24, 2.45) is 11.7 Å². The van der Waals surface area contributed by atoms with Crippen LogP contribution < -0.4 is 10.6 Å². The van der Waals surface area contributed by atoms with E-state index in [-0.39, 0.29) is 0 Å². The molecule has 2 heteroatoms. The van der Waals surface area contributed by atoms with Crippen LogP contribution >= 0.6 is 0 Å². The molecule has 16 heavy (non-hydrogen) atoms. The van der Waals surface area contributed by atoms with Gasteiger partial charge in [-0.15, -0.1) is 0 Å². The predicted molar refractivity (Wildman–Crippen MR) is 69.7 cm³/mol. The Labute approximate surface area is 98.4 Å². The number of rotatable bonds is 7. The van der Waals surface area contributed by atoms with Gasteiger partial charge in [-0.1, -0.05) is 31.0 Å². The first-order chi connectivity index (χ1) is 7.90. The maximum absolute atomic E-state index is 5.60. The molecule has 0 radical (unpaired) electrons. The molecule has 0 saturated heterocycles. The predicted octanol–water partition coefficient (Wildman–Crippen LogP) is 2.64. The summed E-state index contributed by atoms with van der Waals surface area (Å²) in [6.07, 6.45) is 5.32. The van der Waals surface area contributed by atoms with Crippen LogP contribution in [0.1, 0.15) is 25.7 Å². The van der Waals surface area contributed by atoms with Gasteiger partial charge in [0.1, 0.15) is 0 Å². The second-order valence-corrected chi connectivity index (χ2v) is 4.70. The zero-order valence-electron chi connectivity index (χ0n) is 9.94.